The van der Waals surface area contributed by atoms with E-state index in [1.807, 2.05) is 0 Å². The highest BCUT2D eigenvalue weighted by Crippen LogP contribution is 2.33. The van der Waals surface area contributed by atoms with Crippen molar-refractivity contribution in [2.45, 2.75) is 298 Å². The van der Waals surface area contributed by atoms with Crippen LogP contribution in [0.4, 0.5) is 0 Å². The van der Waals surface area contributed by atoms with Gasteiger partial charge >= 0.3 is 0 Å². The summed E-state index contributed by atoms with van der Waals surface area (Å²) in [6.07, 6.45) is 41.3. The Labute approximate surface area is 532 Å². The molecule has 0 aliphatic carbocycles. The van der Waals surface area contributed by atoms with Gasteiger partial charge in [-0.1, -0.05) is 213 Å². The standard InChI is InChI=1S/C70H117NO18/c1-3-5-7-9-10-11-12-13-14-15-16-17-18-19-20-21-22-23-24-25-26-27-28-29-30-31-32-33-34-35-36-37-38-39-40-41-42-44-46-48-58(76)71-53(54(75)47-45-43-8-6-4-2)52-84-68-64(82)61(79)66(56(50-73)86-68)89-70-65(83)62(80)67(57(51-74)87-70)88-69-63(81)60(78)59(77)55(49-72)85-69/h5,7,10-11,13-14,16-17,19-20,22-23,25-26,28-29,31-32,53-57,59-70,72-75,77-83H,3-4,6,8-9,12,15,18,21,24,27,30,33-52H2,1-2H3,(H,71,76)/b7-5-,11-10-,14-13-,17-16-,20-19-,23-22-,26-25-,29-28-,32-31-. The molecule has 0 aromatic rings. The third-order valence-corrected chi connectivity index (χ3v) is 16.1. The van der Waals surface area contributed by atoms with Gasteiger partial charge in [0.2, 0.25) is 5.91 Å². The SMILES string of the molecule is CC/C=C\C/C=C\C/C=C\C/C=C\C/C=C\C/C=C\C/C=C\C/C=C\C/C=C\CCCCCCCCCCCCCC(=O)NC(COC1OC(CO)C(OC2OC(CO)C(OC3OC(CO)C(O)C(O)C3O)C(O)C2O)C(O)C1O)C(O)CCCCCCC. The first-order chi connectivity index (χ1) is 43.3. The summed E-state index contributed by atoms with van der Waals surface area (Å²) in [4.78, 5) is 13.3. The van der Waals surface area contributed by atoms with E-state index in [-0.39, 0.29) is 18.9 Å². The molecule has 19 heteroatoms. The molecule has 89 heavy (non-hydrogen) atoms. The second-order valence-electron chi connectivity index (χ2n) is 23.6. The quantitative estimate of drug-likeness (QED) is 0.0201. The fraction of sp³-hybridized carbons (Fsp3) is 0.729. The minimum atomic E-state index is -1.97. The molecule has 1 amide bonds. The number of unbranched alkanes of at least 4 members (excludes halogenated alkanes) is 15. The predicted octanol–water partition coefficient (Wildman–Crippen LogP) is 8.27. The van der Waals surface area contributed by atoms with Crippen molar-refractivity contribution in [1.82, 2.24) is 5.32 Å². The number of nitrogens with one attached hydrogen (secondary N) is 1. The van der Waals surface area contributed by atoms with Crippen LogP contribution in [-0.4, -0.2) is 193 Å². The molecular formula is C70H117NO18. The lowest BCUT2D eigenvalue weighted by atomic mass is 9.96. The molecule has 17 unspecified atom stereocenters. The molecule has 3 fully saturated rings. The maximum Gasteiger partial charge on any atom is 0.220 e. The Morgan fingerprint density at radius 1 is 0.416 bits per heavy atom. The molecule has 3 saturated heterocycles. The van der Waals surface area contributed by atoms with E-state index < -0.39 is 124 Å². The molecule has 0 bridgehead atoms. The number of allylic oxidation sites excluding steroid dienone is 18. The molecule has 0 aromatic carbocycles. The number of aliphatic hydroxyl groups excluding tert-OH is 11. The maximum absolute atomic E-state index is 13.3. The summed E-state index contributed by atoms with van der Waals surface area (Å²) in [7, 11) is 0. The summed E-state index contributed by atoms with van der Waals surface area (Å²) in [5, 5.41) is 120. The number of rotatable bonds is 49. The monoisotopic (exact) mass is 1260 g/mol. The van der Waals surface area contributed by atoms with Crippen molar-refractivity contribution in [2.24, 2.45) is 0 Å². The first-order valence-corrected chi connectivity index (χ1v) is 33.6. The van der Waals surface area contributed by atoms with Gasteiger partial charge in [-0.15, -0.1) is 0 Å². The molecule has 12 N–H and O–H groups in total. The van der Waals surface area contributed by atoms with Crippen molar-refractivity contribution in [3.05, 3.63) is 109 Å². The third-order valence-electron chi connectivity index (χ3n) is 16.1. The summed E-state index contributed by atoms with van der Waals surface area (Å²) >= 11 is 0. The van der Waals surface area contributed by atoms with Crippen LogP contribution in [0.15, 0.2) is 109 Å². The number of hydrogen-bond acceptors (Lipinski definition) is 18. The second kappa shape index (κ2) is 50.9. The van der Waals surface area contributed by atoms with Crippen molar-refractivity contribution in [3.8, 4) is 0 Å². The molecule has 0 radical (unpaired) electrons. The van der Waals surface area contributed by atoms with Gasteiger partial charge in [-0.3, -0.25) is 4.79 Å². The minimum Gasteiger partial charge on any atom is -0.394 e. The molecular weight excluding hydrogens is 1140 g/mol. The first kappa shape index (κ1) is 79.7. The molecule has 3 aliphatic rings. The summed E-state index contributed by atoms with van der Waals surface area (Å²) in [6, 6.07) is -0.891. The van der Waals surface area contributed by atoms with Crippen LogP contribution in [0.5, 0.6) is 0 Å². The summed E-state index contributed by atoms with van der Waals surface area (Å²) < 4.78 is 34.2. The third kappa shape index (κ3) is 33.2. The molecule has 3 aliphatic heterocycles. The van der Waals surface area contributed by atoms with Crippen LogP contribution < -0.4 is 5.32 Å². The predicted molar refractivity (Wildman–Crippen MR) is 346 cm³/mol. The summed E-state index contributed by atoms with van der Waals surface area (Å²) in [5.74, 6) is -0.259. The van der Waals surface area contributed by atoms with Gasteiger partial charge in [0.05, 0.1) is 38.6 Å². The Kier molecular flexibility index (Phi) is 45.6. The number of aliphatic hydroxyl groups is 11. The van der Waals surface area contributed by atoms with Gasteiger partial charge in [-0.25, -0.2) is 0 Å². The Balaban J connectivity index is 1.26. The van der Waals surface area contributed by atoms with Crippen molar-refractivity contribution in [1.29, 1.82) is 0 Å². The molecule has 3 heterocycles. The molecule has 510 valence electrons. The molecule has 0 aromatic heterocycles. The number of amides is 1. The largest absolute Gasteiger partial charge is 0.394 e. The Morgan fingerprint density at radius 3 is 1.21 bits per heavy atom. The van der Waals surface area contributed by atoms with E-state index in [2.05, 4.69) is 129 Å². The lowest BCUT2D eigenvalue weighted by Crippen LogP contribution is -2.66. The van der Waals surface area contributed by atoms with Gasteiger partial charge in [0.15, 0.2) is 18.9 Å². The van der Waals surface area contributed by atoms with Gasteiger partial charge in [0.1, 0.15) is 73.2 Å². The average molecular weight is 1260 g/mol. The number of carbonyl (C=O) groups excluding carboxylic acids is 1. The fourth-order valence-corrected chi connectivity index (χ4v) is 10.7. The molecule has 0 saturated carbocycles. The maximum atomic E-state index is 13.3. The highest BCUT2D eigenvalue weighted by molar-refractivity contribution is 5.76. The first-order valence-electron chi connectivity index (χ1n) is 33.6. The Morgan fingerprint density at radius 2 is 0.775 bits per heavy atom. The zero-order valence-electron chi connectivity index (χ0n) is 53.6. The Hall–Kier alpha value is -3.55. The van der Waals surface area contributed by atoms with Crippen LogP contribution in [0.25, 0.3) is 0 Å². The van der Waals surface area contributed by atoms with Crippen LogP contribution in [0.1, 0.15) is 194 Å². The summed E-state index contributed by atoms with van der Waals surface area (Å²) in [5.41, 5.74) is 0. The number of hydrogen-bond donors (Lipinski definition) is 12. The normalized spacial score (nSPS) is 28.9. The van der Waals surface area contributed by atoms with Crippen molar-refractivity contribution >= 4 is 5.91 Å². The lowest BCUT2D eigenvalue weighted by Gasteiger charge is -2.48. The van der Waals surface area contributed by atoms with Gasteiger partial charge < -0.3 is 89.9 Å². The van der Waals surface area contributed by atoms with E-state index in [4.69, 9.17) is 28.4 Å². The van der Waals surface area contributed by atoms with Crippen molar-refractivity contribution < 1.29 is 89.4 Å². The van der Waals surface area contributed by atoms with Crippen LogP contribution in [0.3, 0.4) is 0 Å². The number of carbonyl (C=O) groups is 1. The smallest absolute Gasteiger partial charge is 0.220 e. The Bertz CT molecular complexity index is 2040. The number of ether oxygens (including phenoxy) is 6. The molecule has 17 atom stereocenters. The van der Waals surface area contributed by atoms with Crippen LogP contribution in [0.2, 0.25) is 0 Å². The van der Waals surface area contributed by atoms with Gasteiger partial charge in [-0.05, 0) is 83.5 Å². The zero-order chi connectivity index (χ0) is 64.7. The van der Waals surface area contributed by atoms with E-state index in [9.17, 15) is 61.0 Å². The molecule has 3 rings (SSSR count). The topological polar surface area (TPSA) is 307 Å². The van der Waals surface area contributed by atoms with E-state index in [0.29, 0.717) is 19.3 Å². The van der Waals surface area contributed by atoms with E-state index >= 15 is 0 Å². The molecule has 0 spiro atoms. The van der Waals surface area contributed by atoms with E-state index in [0.717, 1.165) is 116 Å². The fourth-order valence-electron chi connectivity index (χ4n) is 10.7. The van der Waals surface area contributed by atoms with E-state index in [1.165, 1.54) is 38.5 Å². The van der Waals surface area contributed by atoms with Crippen molar-refractivity contribution in [2.75, 3.05) is 26.4 Å². The van der Waals surface area contributed by atoms with Crippen molar-refractivity contribution in [3.63, 3.8) is 0 Å². The van der Waals surface area contributed by atoms with Gasteiger partial charge in [0.25, 0.3) is 0 Å². The minimum absolute atomic E-state index is 0.254. The van der Waals surface area contributed by atoms with Crippen LogP contribution in [-0.2, 0) is 33.2 Å². The molecule has 19 nitrogen and oxygen atoms in total. The summed E-state index contributed by atoms with van der Waals surface area (Å²) in [6.45, 7) is 1.54. The van der Waals surface area contributed by atoms with Gasteiger partial charge in [0, 0.05) is 6.42 Å². The van der Waals surface area contributed by atoms with E-state index in [1.54, 1.807) is 0 Å². The highest BCUT2D eigenvalue weighted by atomic mass is 16.8. The highest BCUT2D eigenvalue weighted by Gasteiger charge is 2.53. The van der Waals surface area contributed by atoms with Gasteiger partial charge in [-0.2, -0.15) is 0 Å². The zero-order valence-corrected chi connectivity index (χ0v) is 53.6. The lowest BCUT2D eigenvalue weighted by molar-refractivity contribution is -0.379. The average Bonchev–Trinajstić information content (AvgIpc) is 2.72. The van der Waals surface area contributed by atoms with Crippen LogP contribution in [0, 0.1) is 0 Å². The van der Waals surface area contributed by atoms with Crippen LogP contribution >= 0.6 is 0 Å². The second-order valence-corrected chi connectivity index (χ2v) is 23.6.